The first-order chi connectivity index (χ1) is 10.6. The maximum atomic E-state index is 12.2. The van der Waals surface area contributed by atoms with Gasteiger partial charge in [-0.25, -0.2) is 0 Å². The Labute approximate surface area is 129 Å². The lowest BCUT2D eigenvalue weighted by atomic mass is 10.2. The van der Waals surface area contributed by atoms with E-state index in [-0.39, 0.29) is 5.91 Å². The fraction of sp³-hybridized carbons (Fsp3) is 0.294. The van der Waals surface area contributed by atoms with Gasteiger partial charge in [0, 0.05) is 41.6 Å². The minimum absolute atomic E-state index is 0.134. The Balaban J connectivity index is 1.86. The molecule has 0 aliphatic carbocycles. The van der Waals surface area contributed by atoms with E-state index in [9.17, 15) is 4.79 Å². The lowest BCUT2D eigenvalue weighted by Gasteiger charge is -2.06. The van der Waals surface area contributed by atoms with Gasteiger partial charge in [0.15, 0.2) is 0 Å². The van der Waals surface area contributed by atoms with Crippen molar-refractivity contribution in [3.05, 3.63) is 47.9 Å². The summed E-state index contributed by atoms with van der Waals surface area (Å²) in [7, 11) is 0. The highest BCUT2D eigenvalue weighted by molar-refractivity contribution is 6.04. The van der Waals surface area contributed by atoms with Crippen LogP contribution in [0.25, 0.3) is 10.9 Å². The van der Waals surface area contributed by atoms with Crippen molar-refractivity contribution in [1.29, 1.82) is 0 Å². The molecule has 22 heavy (non-hydrogen) atoms. The van der Waals surface area contributed by atoms with Gasteiger partial charge < -0.3 is 9.88 Å². The van der Waals surface area contributed by atoms with Crippen LogP contribution in [0.2, 0.25) is 0 Å². The fourth-order valence-electron chi connectivity index (χ4n) is 2.76. The number of carbonyl (C=O) groups is 1. The average molecular weight is 296 g/mol. The van der Waals surface area contributed by atoms with Gasteiger partial charge in [0.05, 0.1) is 11.8 Å². The van der Waals surface area contributed by atoms with Crippen LogP contribution in [0, 0.1) is 6.92 Å². The Morgan fingerprint density at radius 1 is 1.23 bits per heavy atom. The first kappa shape index (κ1) is 14.4. The minimum Gasteiger partial charge on any atom is -0.345 e. The van der Waals surface area contributed by atoms with E-state index in [2.05, 4.69) is 41.0 Å². The number of benzene rings is 1. The number of nitrogens with zero attached hydrogens (tertiary/aromatic N) is 3. The van der Waals surface area contributed by atoms with E-state index in [0.717, 1.165) is 24.2 Å². The molecule has 1 N–H and O–H groups in total. The van der Waals surface area contributed by atoms with E-state index in [1.807, 2.05) is 19.1 Å². The second-order valence-electron chi connectivity index (χ2n) is 5.34. The zero-order chi connectivity index (χ0) is 15.7. The normalized spacial score (nSPS) is 11.0. The van der Waals surface area contributed by atoms with Crippen molar-refractivity contribution < 1.29 is 4.79 Å². The second kappa shape index (κ2) is 5.67. The van der Waals surface area contributed by atoms with Crippen molar-refractivity contribution in [2.75, 3.05) is 5.32 Å². The third-order valence-corrected chi connectivity index (χ3v) is 3.90. The molecule has 0 radical (unpaired) electrons. The highest BCUT2D eigenvalue weighted by Crippen LogP contribution is 2.23. The molecule has 0 saturated heterocycles. The Bertz CT molecular complexity index is 828. The topological polar surface area (TPSA) is 51.9 Å². The molecule has 0 saturated carbocycles. The van der Waals surface area contributed by atoms with Crippen LogP contribution in [0.1, 0.15) is 29.9 Å². The molecule has 0 atom stereocenters. The lowest BCUT2D eigenvalue weighted by molar-refractivity contribution is 0.102. The molecule has 0 fully saturated rings. The third-order valence-electron chi connectivity index (χ3n) is 3.90. The van der Waals surface area contributed by atoms with Gasteiger partial charge in [-0.2, -0.15) is 5.10 Å². The van der Waals surface area contributed by atoms with Gasteiger partial charge in [0.1, 0.15) is 0 Å². The lowest BCUT2D eigenvalue weighted by Crippen LogP contribution is -2.11. The van der Waals surface area contributed by atoms with E-state index in [1.165, 1.54) is 11.2 Å². The van der Waals surface area contributed by atoms with E-state index in [4.69, 9.17) is 0 Å². The number of amides is 1. The van der Waals surface area contributed by atoms with Crippen molar-refractivity contribution in [1.82, 2.24) is 14.3 Å². The number of hydrogen-bond acceptors (Lipinski definition) is 2. The van der Waals surface area contributed by atoms with Gasteiger partial charge in [0.25, 0.3) is 5.91 Å². The predicted octanol–water partition coefficient (Wildman–Crippen LogP) is 3.44. The fourth-order valence-corrected chi connectivity index (χ4v) is 2.76. The summed E-state index contributed by atoms with van der Waals surface area (Å²) in [4.78, 5) is 12.2. The maximum Gasteiger partial charge on any atom is 0.258 e. The van der Waals surface area contributed by atoms with Crippen molar-refractivity contribution in [3.8, 4) is 0 Å². The standard InChI is InChI=1S/C17H20N4O/c1-4-20-11-14(10-18-20)17(22)19-15-6-7-16-13(9-15)8-12(3)21(16)5-2/h6-11H,4-5H2,1-3H3,(H,19,22). The molecular formula is C17H20N4O. The molecule has 0 unspecified atom stereocenters. The first-order valence-corrected chi connectivity index (χ1v) is 7.56. The van der Waals surface area contributed by atoms with Crippen LogP contribution in [-0.4, -0.2) is 20.3 Å². The average Bonchev–Trinajstić information content (AvgIpc) is 3.10. The number of nitrogens with one attached hydrogen (secondary N) is 1. The molecule has 5 nitrogen and oxygen atoms in total. The van der Waals surface area contributed by atoms with Crippen LogP contribution in [0.3, 0.4) is 0 Å². The summed E-state index contributed by atoms with van der Waals surface area (Å²) < 4.78 is 4.00. The SMILES string of the molecule is CCn1cc(C(=O)Nc2ccc3c(c2)cc(C)n3CC)cn1. The molecule has 3 aromatic rings. The Morgan fingerprint density at radius 3 is 2.73 bits per heavy atom. The van der Waals surface area contributed by atoms with Gasteiger partial charge in [-0.05, 0) is 45.0 Å². The van der Waals surface area contributed by atoms with E-state index < -0.39 is 0 Å². The molecule has 0 bridgehead atoms. The van der Waals surface area contributed by atoms with Crippen LogP contribution in [0.15, 0.2) is 36.7 Å². The van der Waals surface area contributed by atoms with E-state index >= 15 is 0 Å². The third kappa shape index (κ3) is 2.50. The highest BCUT2D eigenvalue weighted by Gasteiger charge is 2.10. The minimum atomic E-state index is -0.134. The molecule has 5 heteroatoms. The largest absolute Gasteiger partial charge is 0.345 e. The Hall–Kier alpha value is -2.56. The van der Waals surface area contributed by atoms with E-state index in [1.54, 1.807) is 17.1 Å². The summed E-state index contributed by atoms with van der Waals surface area (Å²) in [6.45, 7) is 7.91. The molecular weight excluding hydrogens is 276 g/mol. The maximum absolute atomic E-state index is 12.2. The van der Waals surface area contributed by atoms with Gasteiger partial charge in [-0.3, -0.25) is 9.48 Å². The number of hydrogen-bond donors (Lipinski definition) is 1. The van der Waals surface area contributed by atoms with Crippen molar-refractivity contribution in [3.63, 3.8) is 0 Å². The van der Waals surface area contributed by atoms with Crippen molar-refractivity contribution in [2.24, 2.45) is 0 Å². The van der Waals surface area contributed by atoms with Crippen molar-refractivity contribution >= 4 is 22.5 Å². The van der Waals surface area contributed by atoms with Crippen LogP contribution in [0.5, 0.6) is 0 Å². The molecule has 114 valence electrons. The number of aryl methyl sites for hydroxylation is 3. The summed E-state index contributed by atoms with van der Waals surface area (Å²) >= 11 is 0. The number of rotatable bonds is 4. The molecule has 0 aliphatic heterocycles. The van der Waals surface area contributed by atoms with Crippen LogP contribution >= 0.6 is 0 Å². The number of aromatic nitrogens is 3. The summed E-state index contributed by atoms with van der Waals surface area (Å²) in [5.74, 6) is -0.134. The predicted molar refractivity (Wildman–Crippen MR) is 88.2 cm³/mol. The summed E-state index contributed by atoms with van der Waals surface area (Å²) in [5.41, 5.74) is 3.79. The highest BCUT2D eigenvalue weighted by atomic mass is 16.1. The van der Waals surface area contributed by atoms with E-state index in [0.29, 0.717) is 5.56 Å². The van der Waals surface area contributed by atoms with Crippen molar-refractivity contribution in [2.45, 2.75) is 33.9 Å². The van der Waals surface area contributed by atoms with Crippen LogP contribution in [-0.2, 0) is 13.1 Å². The molecule has 0 aliphatic rings. The Morgan fingerprint density at radius 2 is 2.05 bits per heavy atom. The number of carbonyl (C=O) groups excluding carboxylic acids is 1. The smallest absolute Gasteiger partial charge is 0.258 e. The summed E-state index contributed by atoms with van der Waals surface area (Å²) in [6, 6.07) is 8.15. The summed E-state index contributed by atoms with van der Waals surface area (Å²) in [6.07, 6.45) is 3.35. The zero-order valence-corrected chi connectivity index (χ0v) is 13.1. The molecule has 2 aromatic heterocycles. The second-order valence-corrected chi connectivity index (χ2v) is 5.34. The number of anilines is 1. The Kier molecular flexibility index (Phi) is 3.71. The van der Waals surface area contributed by atoms with Gasteiger partial charge in [0.2, 0.25) is 0 Å². The van der Waals surface area contributed by atoms with Crippen LogP contribution < -0.4 is 5.32 Å². The van der Waals surface area contributed by atoms with Gasteiger partial charge >= 0.3 is 0 Å². The first-order valence-electron chi connectivity index (χ1n) is 7.56. The molecule has 2 heterocycles. The molecule has 3 rings (SSSR count). The van der Waals surface area contributed by atoms with Crippen LogP contribution in [0.4, 0.5) is 5.69 Å². The molecule has 0 spiro atoms. The molecule has 1 aromatic carbocycles. The van der Waals surface area contributed by atoms with Gasteiger partial charge in [-0.15, -0.1) is 0 Å². The molecule has 1 amide bonds. The van der Waals surface area contributed by atoms with Gasteiger partial charge in [-0.1, -0.05) is 0 Å². The zero-order valence-electron chi connectivity index (χ0n) is 13.1. The number of fused-ring (bicyclic) bond motifs is 1. The summed E-state index contributed by atoms with van der Waals surface area (Å²) in [5, 5.41) is 8.20. The quantitative estimate of drug-likeness (QED) is 0.802. The monoisotopic (exact) mass is 296 g/mol.